The lowest BCUT2D eigenvalue weighted by molar-refractivity contribution is -0.245. The molecule has 0 radical (unpaired) electrons. The molecule has 0 unspecified atom stereocenters. The Morgan fingerprint density at radius 1 is 0.780 bits per heavy atom. The summed E-state index contributed by atoms with van der Waals surface area (Å²) in [7, 11) is 0. The zero-order valence-electron chi connectivity index (χ0n) is 27.7. The highest BCUT2D eigenvalue weighted by Gasteiger charge is 2.33. The molecule has 0 spiro atoms. The van der Waals surface area contributed by atoms with Gasteiger partial charge in [-0.25, -0.2) is 4.98 Å². The molecule has 2 heterocycles. The lowest BCUT2D eigenvalue weighted by Gasteiger charge is -2.36. The summed E-state index contributed by atoms with van der Waals surface area (Å²) in [5.41, 5.74) is 8.72. The maximum atomic E-state index is 11.6. The molecule has 7 nitrogen and oxygen atoms in total. The third kappa shape index (κ3) is 7.90. The zero-order chi connectivity index (χ0) is 34.3. The van der Waals surface area contributed by atoms with Gasteiger partial charge < -0.3 is 24.3 Å². The number of nitrogens with zero attached hydrogens (tertiary/aromatic N) is 1. The molecule has 3 atom stereocenters. The molecule has 0 saturated carbocycles. The van der Waals surface area contributed by atoms with E-state index in [1.165, 1.54) is 18.7 Å². The number of hydrogen-bond acceptors (Lipinski definition) is 7. The van der Waals surface area contributed by atoms with Gasteiger partial charge in [-0.1, -0.05) is 145 Å². The van der Waals surface area contributed by atoms with Crippen molar-refractivity contribution in [2.24, 2.45) is 0 Å². The van der Waals surface area contributed by atoms with Gasteiger partial charge in [0.1, 0.15) is 5.69 Å². The summed E-state index contributed by atoms with van der Waals surface area (Å²) in [4.78, 5) is 16.5. The van der Waals surface area contributed by atoms with Crippen molar-refractivity contribution in [3.63, 3.8) is 0 Å². The van der Waals surface area contributed by atoms with Gasteiger partial charge >= 0.3 is 0 Å². The van der Waals surface area contributed by atoms with Crippen LogP contribution in [-0.2, 0) is 27.4 Å². The molecule has 1 aromatic heterocycles. The molecule has 1 saturated heterocycles. The first kappa shape index (κ1) is 33.5. The number of carbonyl (C=O) groups excluding carboxylic acids is 1. The number of carbonyl (C=O) groups is 1. The summed E-state index contributed by atoms with van der Waals surface area (Å²) in [5.74, 6) is 1.29. The predicted molar refractivity (Wildman–Crippen MR) is 196 cm³/mol. The lowest BCUT2D eigenvalue weighted by Crippen LogP contribution is -2.31. The van der Waals surface area contributed by atoms with E-state index >= 15 is 0 Å². The van der Waals surface area contributed by atoms with Crippen LogP contribution in [0.2, 0.25) is 0 Å². The van der Waals surface area contributed by atoms with Crippen LogP contribution in [0.25, 0.3) is 33.7 Å². The summed E-state index contributed by atoms with van der Waals surface area (Å²) in [6.07, 6.45) is -0.320. The van der Waals surface area contributed by atoms with Crippen LogP contribution in [-0.4, -0.2) is 27.9 Å². The first-order chi connectivity index (χ1) is 24.5. The van der Waals surface area contributed by atoms with Gasteiger partial charge in [0.25, 0.3) is 5.22 Å². The Labute approximate surface area is 296 Å². The molecule has 7 rings (SSSR count). The SMILES string of the molecule is CC(=O)NCc1ccccc1-c1ccc([C@H]2O[C@@H](CSc3nc(-c4ccccc4)c(-c4ccccc4)o3)C[C@@H](c3ccc(CO)cc3)O2)cc1. The number of aliphatic hydroxyl groups is 1. The van der Waals surface area contributed by atoms with Crippen molar-refractivity contribution in [2.75, 3.05) is 5.75 Å². The minimum atomic E-state index is -0.593. The summed E-state index contributed by atoms with van der Waals surface area (Å²) >= 11 is 1.54. The van der Waals surface area contributed by atoms with E-state index in [4.69, 9.17) is 18.9 Å². The molecule has 1 amide bonds. The maximum Gasteiger partial charge on any atom is 0.256 e. The summed E-state index contributed by atoms with van der Waals surface area (Å²) in [6, 6.07) is 44.4. The van der Waals surface area contributed by atoms with Gasteiger partial charge in [-0.2, -0.15) is 0 Å². The molecule has 8 heteroatoms. The first-order valence-corrected chi connectivity index (χ1v) is 17.7. The van der Waals surface area contributed by atoms with Crippen LogP contribution in [0.5, 0.6) is 0 Å². The molecule has 50 heavy (non-hydrogen) atoms. The van der Waals surface area contributed by atoms with E-state index in [1.807, 2.05) is 115 Å². The average Bonchev–Trinajstić information content (AvgIpc) is 3.61. The van der Waals surface area contributed by atoms with Crippen LogP contribution in [0, 0.1) is 0 Å². The topological polar surface area (TPSA) is 93.8 Å². The Balaban J connectivity index is 1.13. The third-order valence-corrected chi connectivity index (χ3v) is 9.70. The van der Waals surface area contributed by atoms with Crippen molar-refractivity contribution < 1.29 is 23.8 Å². The van der Waals surface area contributed by atoms with Crippen molar-refractivity contribution in [3.05, 3.63) is 156 Å². The number of nitrogens with one attached hydrogen (secondary N) is 1. The minimum absolute atomic E-state index is 0.0107. The fourth-order valence-electron chi connectivity index (χ4n) is 6.12. The van der Waals surface area contributed by atoms with Gasteiger partial charge in [0, 0.05) is 42.3 Å². The van der Waals surface area contributed by atoms with Gasteiger partial charge in [0.05, 0.1) is 18.8 Å². The number of hydrogen-bond donors (Lipinski definition) is 2. The van der Waals surface area contributed by atoms with E-state index in [0.29, 0.717) is 23.9 Å². The number of ether oxygens (including phenoxy) is 2. The number of oxazole rings is 1. The van der Waals surface area contributed by atoms with Crippen LogP contribution in [0.1, 0.15) is 48.0 Å². The van der Waals surface area contributed by atoms with Crippen molar-refractivity contribution in [1.82, 2.24) is 10.3 Å². The van der Waals surface area contributed by atoms with E-state index < -0.39 is 6.29 Å². The molecular weight excluding hydrogens is 645 g/mol. The fraction of sp³-hybridized carbons (Fsp3) is 0.190. The second-order valence-electron chi connectivity index (χ2n) is 12.2. The van der Waals surface area contributed by atoms with Crippen LogP contribution in [0.15, 0.2) is 143 Å². The Kier molecular flexibility index (Phi) is 10.5. The second-order valence-corrected chi connectivity index (χ2v) is 13.2. The zero-order valence-corrected chi connectivity index (χ0v) is 28.5. The normalized spacial score (nSPS) is 17.4. The standard InChI is InChI=1S/C42H38N2O5S/c1-28(46)43-25-35-14-8-9-15-37(35)30-20-22-34(23-21-30)41-47-36(24-38(48-41)31-18-16-29(26-45)17-19-31)27-50-42-44-39(32-10-4-2-5-11-32)40(49-42)33-12-6-3-7-13-33/h2-23,36,38,41,45H,24-27H2,1H3,(H,43,46)/t36-,38+,41+/m1/s1. The lowest BCUT2D eigenvalue weighted by atomic mass is 9.98. The highest BCUT2D eigenvalue weighted by Crippen LogP contribution is 2.41. The number of amides is 1. The van der Waals surface area contributed by atoms with Crippen LogP contribution >= 0.6 is 11.8 Å². The Hall–Kier alpha value is -4.99. The smallest absolute Gasteiger partial charge is 0.256 e. The summed E-state index contributed by atoms with van der Waals surface area (Å²) < 4.78 is 19.6. The number of rotatable bonds is 11. The minimum Gasteiger partial charge on any atom is -0.431 e. The molecule has 1 fully saturated rings. The fourth-order valence-corrected chi connectivity index (χ4v) is 6.96. The van der Waals surface area contributed by atoms with Gasteiger partial charge in [0.2, 0.25) is 5.91 Å². The molecule has 1 aliphatic rings. The summed E-state index contributed by atoms with van der Waals surface area (Å²) in [5, 5.41) is 13.1. The van der Waals surface area contributed by atoms with Crippen molar-refractivity contribution in [3.8, 4) is 33.7 Å². The van der Waals surface area contributed by atoms with E-state index in [1.54, 1.807) is 0 Å². The monoisotopic (exact) mass is 682 g/mol. The van der Waals surface area contributed by atoms with E-state index in [-0.39, 0.29) is 24.7 Å². The van der Waals surface area contributed by atoms with E-state index in [0.717, 1.165) is 56.0 Å². The molecule has 0 aliphatic carbocycles. The largest absolute Gasteiger partial charge is 0.431 e. The third-order valence-electron chi connectivity index (χ3n) is 8.74. The van der Waals surface area contributed by atoms with Gasteiger partial charge in [-0.05, 0) is 27.8 Å². The predicted octanol–water partition coefficient (Wildman–Crippen LogP) is 9.14. The Morgan fingerprint density at radius 3 is 2.14 bits per heavy atom. The molecule has 5 aromatic carbocycles. The molecule has 1 aliphatic heterocycles. The number of aliphatic hydroxyl groups excluding tert-OH is 1. The van der Waals surface area contributed by atoms with Gasteiger partial charge in [-0.3, -0.25) is 4.79 Å². The average molecular weight is 683 g/mol. The van der Waals surface area contributed by atoms with E-state index in [9.17, 15) is 9.90 Å². The van der Waals surface area contributed by atoms with Crippen molar-refractivity contribution in [2.45, 2.75) is 50.2 Å². The quantitative estimate of drug-likeness (QED) is 0.132. The molecule has 2 N–H and O–H groups in total. The summed E-state index contributed by atoms with van der Waals surface area (Å²) in [6.45, 7) is 1.97. The Bertz CT molecular complexity index is 1960. The molecule has 252 valence electrons. The number of benzene rings is 5. The van der Waals surface area contributed by atoms with Crippen LogP contribution in [0.3, 0.4) is 0 Å². The van der Waals surface area contributed by atoms with Gasteiger partial charge in [-0.15, -0.1) is 0 Å². The van der Waals surface area contributed by atoms with Crippen molar-refractivity contribution >= 4 is 17.7 Å². The van der Waals surface area contributed by atoms with Crippen LogP contribution in [0.4, 0.5) is 0 Å². The second kappa shape index (κ2) is 15.7. The Morgan fingerprint density at radius 2 is 1.44 bits per heavy atom. The van der Waals surface area contributed by atoms with Gasteiger partial charge in [0.15, 0.2) is 12.1 Å². The first-order valence-electron chi connectivity index (χ1n) is 16.7. The molecule has 6 aromatic rings. The number of thioether (sulfide) groups is 1. The highest BCUT2D eigenvalue weighted by molar-refractivity contribution is 7.99. The molecule has 0 bridgehead atoms. The highest BCUT2D eigenvalue weighted by atomic mass is 32.2. The van der Waals surface area contributed by atoms with Crippen LogP contribution < -0.4 is 5.32 Å². The molecular formula is C42H38N2O5S. The van der Waals surface area contributed by atoms with Crippen molar-refractivity contribution in [1.29, 1.82) is 0 Å². The number of aromatic nitrogens is 1. The van der Waals surface area contributed by atoms with E-state index in [2.05, 4.69) is 23.5 Å². The maximum absolute atomic E-state index is 11.6.